The monoisotopic (exact) mass is 348 g/mol. The fraction of sp³-hybridized carbons (Fsp3) is 0.400. The van der Waals surface area contributed by atoms with Gasteiger partial charge in [-0.05, 0) is 30.9 Å². The molecule has 2 aromatic heterocycles. The van der Waals surface area contributed by atoms with Gasteiger partial charge >= 0.3 is 6.29 Å². The van der Waals surface area contributed by atoms with Gasteiger partial charge in [-0.3, -0.25) is 0 Å². The Morgan fingerprint density at radius 2 is 2.08 bits per heavy atom. The van der Waals surface area contributed by atoms with Crippen LogP contribution in [0.5, 0.6) is 11.5 Å². The number of fused-ring (bicyclic) bond motifs is 5. The zero-order chi connectivity index (χ0) is 17.3. The standard InChI is InChI=1S/C15H14F2N6O2/c16-15(17)24-9-4-3-7-11(12(9)25-15)21-14(19)23-13(7)20-10(22-23)5-8(18)6-1-2-6/h3-4,6,8H,1-2,5,18H2,(H2,19,21)/t8-/m1/s1. The average molecular weight is 348 g/mol. The number of nitrogens with zero attached hydrogens (tertiary/aromatic N) is 4. The summed E-state index contributed by atoms with van der Waals surface area (Å²) >= 11 is 0. The van der Waals surface area contributed by atoms with Crippen LogP contribution in [-0.2, 0) is 6.42 Å². The third-order valence-electron chi connectivity index (χ3n) is 4.53. The topological polar surface area (TPSA) is 114 Å². The Balaban J connectivity index is 1.66. The molecule has 1 atom stereocenters. The molecule has 5 rings (SSSR count). The van der Waals surface area contributed by atoms with Crippen LogP contribution in [0.2, 0.25) is 0 Å². The molecule has 130 valence electrons. The normalized spacial score (nSPS) is 19.6. The molecule has 1 aromatic carbocycles. The molecule has 0 saturated heterocycles. The lowest BCUT2D eigenvalue weighted by molar-refractivity contribution is -0.286. The van der Waals surface area contributed by atoms with Crippen LogP contribution in [0.25, 0.3) is 16.6 Å². The lowest BCUT2D eigenvalue weighted by Gasteiger charge is -2.05. The van der Waals surface area contributed by atoms with E-state index < -0.39 is 6.29 Å². The molecule has 4 N–H and O–H groups in total. The molecule has 0 spiro atoms. The second-order valence-corrected chi connectivity index (χ2v) is 6.40. The van der Waals surface area contributed by atoms with Gasteiger partial charge in [0.25, 0.3) is 0 Å². The number of nitrogen functional groups attached to an aromatic ring is 1. The molecule has 1 aliphatic carbocycles. The van der Waals surface area contributed by atoms with Crippen molar-refractivity contribution in [1.82, 2.24) is 19.6 Å². The Morgan fingerprint density at radius 1 is 1.28 bits per heavy atom. The summed E-state index contributed by atoms with van der Waals surface area (Å²) < 4.78 is 37.1. The van der Waals surface area contributed by atoms with E-state index in [0.29, 0.717) is 29.2 Å². The third-order valence-corrected chi connectivity index (χ3v) is 4.53. The average Bonchev–Trinajstić information content (AvgIpc) is 3.22. The molecular weight excluding hydrogens is 334 g/mol. The van der Waals surface area contributed by atoms with Crippen molar-refractivity contribution in [3.8, 4) is 11.5 Å². The first-order valence-corrected chi connectivity index (χ1v) is 7.90. The van der Waals surface area contributed by atoms with Crippen LogP contribution in [-0.4, -0.2) is 31.9 Å². The van der Waals surface area contributed by atoms with Crippen molar-refractivity contribution in [1.29, 1.82) is 0 Å². The van der Waals surface area contributed by atoms with Gasteiger partial charge in [0.1, 0.15) is 5.52 Å². The Morgan fingerprint density at radius 3 is 2.84 bits per heavy atom. The van der Waals surface area contributed by atoms with E-state index in [4.69, 9.17) is 11.5 Å². The number of nitrogens with two attached hydrogens (primary N) is 2. The minimum atomic E-state index is -3.73. The molecule has 3 heterocycles. The molecule has 0 amide bonds. The highest BCUT2D eigenvalue weighted by Crippen LogP contribution is 2.45. The van der Waals surface area contributed by atoms with Crippen molar-refractivity contribution < 1.29 is 18.3 Å². The van der Waals surface area contributed by atoms with E-state index in [2.05, 4.69) is 24.5 Å². The highest BCUT2D eigenvalue weighted by molar-refractivity contribution is 5.97. The van der Waals surface area contributed by atoms with Crippen LogP contribution in [0.3, 0.4) is 0 Å². The second kappa shape index (κ2) is 4.66. The lowest BCUT2D eigenvalue weighted by Crippen LogP contribution is -2.26. The number of ether oxygens (including phenoxy) is 2. The van der Waals surface area contributed by atoms with Gasteiger partial charge in [0, 0.05) is 17.8 Å². The maximum atomic E-state index is 13.4. The first kappa shape index (κ1) is 14.6. The van der Waals surface area contributed by atoms with E-state index in [1.807, 2.05) is 0 Å². The van der Waals surface area contributed by atoms with Crippen molar-refractivity contribution in [3.63, 3.8) is 0 Å². The predicted octanol–water partition coefficient (Wildman–Crippen LogP) is 1.46. The second-order valence-electron chi connectivity index (χ2n) is 6.40. The van der Waals surface area contributed by atoms with Crippen molar-refractivity contribution in [3.05, 3.63) is 18.0 Å². The molecule has 1 saturated carbocycles. The SMILES string of the molecule is Nc1nc2c3c(ccc2c2nc(C[C@@H](N)C4CC4)nn12)OC(F)(F)O3. The van der Waals surface area contributed by atoms with Gasteiger partial charge < -0.3 is 20.9 Å². The summed E-state index contributed by atoms with van der Waals surface area (Å²) in [7, 11) is 0. The summed E-state index contributed by atoms with van der Waals surface area (Å²) in [6, 6.07) is 2.97. The molecule has 25 heavy (non-hydrogen) atoms. The number of benzene rings is 1. The van der Waals surface area contributed by atoms with E-state index in [1.54, 1.807) is 6.07 Å². The van der Waals surface area contributed by atoms with E-state index in [-0.39, 0.29) is 29.0 Å². The highest BCUT2D eigenvalue weighted by atomic mass is 19.3. The van der Waals surface area contributed by atoms with Crippen LogP contribution >= 0.6 is 0 Å². The summed E-state index contributed by atoms with van der Waals surface area (Å²) in [5.74, 6) is 0.826. The van der Waals surface area contributed by atoms with Gasteiger partial charge in [-0.1, -0.05) is 0 Å². The number of rotatable bonds is 3. The van der Waals surface area contributed by atoms with Crippen LogP contribution in [0.4, 0.5) is 14.7 Å². The van der Waals surface area contributed by atoms with Crippen molar-refractivity contribution in [2.75, 3.05) is 5.73 Å². The van der Waals surface area contributed by atoms with Gasteiger partial charge in [0.2, 0.25) is 5.95 Å². The molecule has 0 unspecified atom stereocenters. The number of alkyl halides is 2. The molecule has 0 bridgehead atoms. The maximum absolute atomic E-state index is 13.4. The molecule has 2 aliphatic rings. The summed E-state index contributed by atoms with van der Waals surface area (Å²) in [5, 5.41) is 4.85. The predicted molar refractivity (Wildman–Crippen MR) is 83.3 cm³/mol. The molecule has 1 aliphatic heterocycles. The zero-order valence-corrected chi connectivity index (χ0v) is 12.9. The van der Waals surface area contributed by atoms with E-state index in [0.717, 1.165) is 12.8 Å². The third kappa shape index (κ3) is 2.24. The largest absolute Gasteiger partial charge is 0.586 e. The number of aromatic nitrogens is 4. The fourth-order valence-electron chi connectivity index (χ4n) is 3.13. The molecule has 8 nitrogen and oxygen atoms in total. The number of hydrogen-bond acceptors (Lipinski definition) is 7. The summed E-state index contributed by atoms with van der Waals surface area (Å²) in [6.45, 7) is 0. The lowest BCUT2D eigenvalue weighted by atomic mass is 10.1. The Hall–Kier alpha value is -2.75. The molecule has 1 fully saturated rings. The first-order valence-electron chi connectivity index (χ1n) is 7.90. The van der Waals surface area contributed by atoms with Crippen LogP contribution < -0.4 is 20.9 Å². The summed E-state index contributed by atoms with van der Waals surface area (Å²) in [4.78, 5) is 8.63. The summed E-state index contributed by atoms with van der Waals surface area (Å²) in [6.07, 6.45) is -0.956. The Bertz CT molecular complexity index is 1020. The fourth-order valence-corrected chi connectivity index (χ4v) is 3.13. The van der Waals surface area contributed by atoms with Gasteiger partial charge in [-0.2, -0.15) is 4.52 Å². The van der Waals surface area contributed by atoms with E-state index in [1.165, 1.54) is 10.6 Å². The molecule has 10 heteroatoms. The van der Waals surface area contributed by atoms with Gasteiger partial charge in [0.15, 0.2) is 23.0 Å². The molecule has 0 radical (unpaired) electrons. The number of anilines is 1. The van der Waals surface area contributed by atoms with Crippen LogP contribution in [0, 0.1) is 5.92 Å². The van der Waals surface area contributed by atoms with E-state index >= 15 is 0 Å². The quantitative estimate of drug-likeness (QED) is 0.736. The Kier molecular flexibility index (Phi) is 2.72. The Labute approximate surface area is 139 Å². The van der Waals surface area contributed by atoms with Gasteiger partial charge in [-0.25, -0.2) is 9.97 Å². The maximum Gasteiger partial charge on any atom is 0.586 e. The van der Waals surface area contributed by atoms with Gasteiger partial charge in [0.05, 0.1) is 0 Å². The smallest absolute Gasteiger partial charge is 0.395 e. The van der Waals surface area contributed by atoms with Crippen LogP contribution in [0.15, 0.2) is 12.1 Å². The number of hydrogen-bond donors (Lipinski definition) is 2. The van der Waals surface area contributed by atoms with Crippen molar-refractivity contribution >= 4 is 22.5 Å². The minimum Gasteiger partial charge on any atom is -0.395 e. The van der Waals surface area contributed by atoms with Crippen molar-refractivity contribution in [2.45, 2.75) is 31.6 Å². The van der Waals surface area contributed by atoms with Gasteiger partial charge in [-0.15, -0.1) is 13.9 Å². The number of halogens is 2. The van der Waals surface area contributed by atoms with Crippen molar-refractivity contribution in [2.24, 2.45) is 11.7 Å². The first-order chi connectivity index (χ1) is 11.9. The highest BCUT2D eigenvalue weighted by Gasteiger charge is 2.45. The molecular formula is C15H14F2N6O2. The van der Waals surface area contributed by atoms with E-state index in [9.17, 15) is 8.78 Å². The zero-order valence-electron chi connectivity index (χ0n) is 12.9. The van der Waals surface area contributed by atoms with Crippen LogP contribution in [0.1, 0.15) is 18.7 Å². The molecule has 3 aromatic rings. The summed E-state index contributed by atoms with van der Waals surface area (Å²) in [5.41, 5.74) is 12.6. The minimum absolute atomic E-state index is 0.00228.